The van der Waals surface area contributed by atoms with E-state index >= 15 is 0 Å². The predicted molar refractivity (Wildman–Crippen MR) is 104 cm³/mol. The van der Waals surface area contributed by atoms with E-state index in [9.17, 15) is 9.18 Å². The van der Waals surface area contributed by atoms with E-state index in [0.29, 0.717) is 11.3 Å². The first kappa shape index (κ1) is 18.8. The molecule has 1 aromatic heterocycles. The molecule has 1 atom stereocenters. The molecule has 0 spiro atoms. The normalized spacial score (nSPS) is 21.8. The Bertz CT molecular complexity index is 922. The van der Waals surface area contributed by atoms with E-state index in [1.54, 1.807) is 46.1 Å². The largest absolute Gasteiger partial charge is 0.369 e. The highest BCUT2D eigenvalue weighted by atomic mass is 19.1. The van der Waals surface area contributed by atoms with Crippen LogP contribution in [0.4, 0.5) is 15.8 Å². The highest BCUT2D eigenvalue weighted by Gasteiger charge is 2.53. The van der Waals surface area contributed by atoms with E-state index in [1.807, 2.05) is 19.1 Å². The summed E-state index contributed by atoms with van der Waals surface area (Å²) < 4.78 is 14.8. The lowest BCUT2D eigenvalue weighted by atomic mass is 9.67. The topological polar surface area (TPSA) is 83.6 Å². The molecular weight excluding hydrogens is 345 g/mol. The Labute approximate surface area is 158 Å². The number of nitrogens with zero attached hydrogens (tertiary/aromatic N) is 3. The van der Waals surface area contributed by atoms with E-state index in [-0.39, 0.29) is 11.9 Å². The number of aryl methyl sites for hydroxylation is 1. The number of hydrogen-bond acceptors (Lipinski definition) is 5. The van der Waals surface area contributed by atoms with Crippen LogP contribution >= 0.6 is 0 Å². The van der Waals surface area contributed by atoms with Crippen molar-refractivity contribution in [1.29, 1.82) is 0 Å². The average molecular weight is 369 g/mol. The Balaban J connectivity index is 2.08. The van der Waals surface area contributed by atoms with Gasteiger partial charge in [0.15, 0.2) is 5.96 Å². The number of halogens is 1. The van der Waals surface area contributed by atoms with Crippen molar-refractivity contribution in [1.82, 2.24) is 9.88 Å². The zero-order chi connectivity index (χ0) is 20.0. The van der Waals surface area contributed by atoms with E-state index in [0.717, 1.165) is 11.4 Å². The monoisotopic (exact) mass is 369 g/mol. The van der Waals surface area contributed by atoms with Gasteiger partial charge >= 0.3 is 0 Å². The van der Waals surface area contributed by atoms with Crippen molar-refractivity contribution < 1.29 is 9.18 Å². The van der Waals surface area contributed by atoms with Gasteiger partial charge in [-0.1, -0.05) is 0 Å². The number of amides is 1. The predicted octanol–water partition coefficient (Wildman–Crippen LogP) is 3.30. The minimum Gasteiger partial charge on any atom is -0.369 e. The number of aromatic nitrogens is 1. The summed E-state index contributed by atoms with van der Waals surface area (Å²) in [5.74, 6) is -0.577. The minimum absolute atomic E-state index is 0.0716. The fraction of sp³-hybridized carbons (Fsp3) is 0.350. The Morgan fingerprint density at radius 3 is 2.44 bits per heavy atom. The van der Waals surface area contributed by atoms with Gasteiger partial charge in [-0.05, 0) is 58.0 Å². The zero-order valence-electron chi connectivity index (χ0n) is 16.2. The number of pyridine rings is 1. The molecule has 0 saturated carbocycles. The molecule has 1 aromatic carbocycles. The molecule has 0 fully saturated rings. The van der Waals surface area contributed by atoms with Crippen LogP contribution in [0.2, 0.25) is 0 Å². The molecule has 2 aromatic rings. The Morgan fingerprint density at radius 2 is 1.81 bits per heavy atom. The molecule has 7 heteroatoms. The number of rotatable bonds is 3. The van der Waals surface area contributed by atoms with Crippen LogP contribution in [0.15, 0.2) is 41.5 Å². The van der Waals surface area contributed by atoms with Crippen molar-refractivity contribution in [2.75, 3.05) is 12.4 Å². The van der Waals surface area contributed by atoms with Crippen molar-refractivity contribution in [2.45, 2.75) is 33.2 Å². The van der Waals surface area contributed by atoms with Gasteiger partial charge in [-0.25, -0.2) is 9.38 Å². The molecule has 6 nitrogen and oxygen atoms in total. The van der Waals surface area contributed by atoms with Gasteiger partial charge in [-0.2, -0.15) is 0 Å². The van der Waals surface area contributed by atoms with Crippen LogP contribution in [0.1, 0.15) is 32.0 Å². The molecule has 3 N–H and O–H groups in total. The standard InChI is InChI=1S/C20H24FN5O/c1-12-6-7-14(11-23-12)24-13-8-9-16(21)15(10-13)20(4)19(2,3)17(27)26(5)18(22)25-20/h6-11,24H,1-5H3,(H2,22,25). The second-order valence-corrected chi connectivity index (χ2v) is 7.54. The quantitative estimate of drug-likeness (QED) is 0.869. The summed E-state index contributed by atoms with van der Waals surface area (Å²) in [6.07, 6.45) is 1.71. The van der Waals surface area contributed by atoms with Crippen molar-refractivity contribution in [3.8, 4) is 0 Å². The van der Waals surface area contributed by atoms with Crippen molar-refractivity contribution in [2.24, 2.45) is 16.1 Å². The maximum absolute atomic E-state index is 14.8. The molecule has 142 valence electrons. The van der Waals surface area contributed by atoms with Crippen LogP contribution in [0.5, 0.6) is 0 Å². The highest BCUT2D eigenvalue weighted by molar-refractivity contribution is 6.01. The van der Waals surface area contributed by atoms with E-state index < -0.39 is 16.8 Å². The maximum atomic E-state index is 14.8. The molecule has 0 aliphatic carbocycles. The molecule has 3 rings (SSSR count). The van der Waals surface area contributed by atoms with Crippen molar-refractivity contribution in [3.63, 3.8) is 0 Å². The fourth-order valence-electron chi connectivity index (χ4n) is 3.26. The second kappa shape index (κ2) is 6.33. The molecule has 27 heavy (non-hydrogen) atoms. The smallest absolute Gasteiger partial charge is 0.237 e. The maximum Gasteiger partial charge on any atom is 0.237 e. The number of anilines is 2. The number of aliphatic imine (C=N–C) groups is 1. The van der Waals surface area contributed by atoms with Gasteiger partial charge in [0.25, 0.3) is 0 Å². The summed E-state index contributed by atoms with van der Waals surface area (Å²) >= 11 is 0. The van der Waals surface area contributed by atoms with Crippen LogP contribution in [-0.4, -0.2) is 28.8 Å². The third kappa shape index (κ3) is 3.03. The lowest BCUT2D eigenvalue weighted by molar-refractivity contribution is -0.140. The van der Waals surface area contributed by atoms with Crippen molar-refractivity contribution in [3.05, 3.63) is 53.6 Å². The zero-order valence-corrected chi connectivity index (χ0v) is 16.2. The molecule has 1 aliphatic heterocycles. The van der Waals surface area contributed by atoms with E-state index in [4.69, 9.17) is 5.73 Å². The number of nitrogens with one attached hydrogen (secondary N) is 1. The first-order valence-corrected chi connectivity index (χ1v) is 8.69. The molecule has 1 unspecified atom stereocenters. The van der Waals surface area contributed by atoms with Gasteiger partial charge in [0.2, 0.25) is 5.91 Å². The summed E-state index contributed by atoms with van der Waals surface area (Å²) in [5, 5.41) is 3.21. The molecule has 1 aliphatic rings. The summed E-state index contributed by atoms with van der Waals surface area (Å²) in [5.41, 5.74) is 6.49. The third-order valence-corrected chi connectivity index (χ3v) is 5.43. The average Bonchev–Trinajstić information content (AvgIpc) is 2.62. The fourth-order valence-corrected chi connectivity index (χ4v) is 3.26. The second-order valence-electron chi connectivity index (χ2n) is 7.54. The first-order valence-electron chi connectivity index (χ1n) is 8.69. The SMILES string of the molecule is Cc1ccc(Nc2ccc(F)c(C3(C)N=C(N)N(C)C(=O)C3(C)C)c2)cn1. The summed E-state index contributed by atoms with van der Waals surface area (Å²) in [7, 11) is 1.57. The number of carbonyl (C=O) groups excluding carboxylic acids is 1. The molecule has 0 saturated heterocycles. The van der Waals surface area contributed by atoms with Gasteiger partial charge in [0.05, 0.1) is 17.3 Å². The number of guanidine groups is 1. The van der Waals surface area contributed by atoms with Crippen LogP contribution in [0.3, 0.4) is 0 Å². The van der Waals surface area contributed by atoms with Gasteiger partial charge in [0, 0.05) is 24.0 Å². The van der Waals surface area contributed by atoms with Gasteiger partial charge in [-0.15, -0.1) is 0 Å². The van der Waals surface area contributed by atoms with Crippen LogP contribution in [-0.2, 0) is 10.3 Å². The first-order chi connectivity index (χ1) is 12.6. The van der Waals surface area contributed by atoms with E-state index in [2.05, 4.69) is 15.3 Å². The summed E-state index contributed by atoms with van der Waals surface area (Å²) in [4.78, 5) is 22.8. The van der Waals surface area contributed by atoms with Gasteiger partial charge in [0.1, 0.15) is 11.4 Å². The third-order valence-electron chi connectivity index (χ3n) is 5.43. The molecule has 1 amide bonds. The minimum atomic E-state index is -1.14. The summed E-state index contributed by atoms with van der Waals surface area (Å²) in [6, 6.07) is 8.46. The Hall–Kier alpha value is -2.96. The van der Waals surface area contributed by atoms with E-state index in [1.165, 1.54) is 11.0 Å². The van der Waals surface area contributed by atoms with Crippen LogP contribution in [0, 0.1) is 18.2 Å². The Kier molecular flexibility index (Phi) is 4.41. The molecule has 0 bridgehead atoms. The van der Waals surface area contributed by atoms with Gasteiger partial charge < -0.3 is 11.1 Å². The highest BCUT2D eigenvalue weighted by Crippen LogP contribution is 2.47. The molecule has 2 heterocycles. The van der Waals surface area contributed by atoms with Crippen molar-refractivity contribution >= 4 is 23.2 Å². The lowest BCUT2D eigenvalue weighted by Crippen LogP contribution is -2.58. The summed E-state index contributed by atoms with van der Waals surface area (Å²) in [6.45, 7) is 7.15. The van der Waals surface area contributed by atoms with Gasteiger partial charge in [-0.3, -0.25) is 14.7 Å². The Morgan fingerprint density at radius 1 is 1.15 bits per heavy atom. The van der Waals surface area contributed by atoms with Crippen LogP contribution < -0.4 is 11.1 Å². The number of carbonyl (C=O) groups is 1. The number of hydrogen-bond donors (Lipinski definition) is 2. The van der Waals surface area contributed by atoms with Crippen LogP contribution in [0.25, 0.3) is 0 Å². The number of benzene rings is 1. The lowest BCUT2D eigenvalue weighted by Gasteiger charge is -2.46. The molecular formula is C20H24FN5O. The molecule has 0 radical (unpaired) electrons. The number of nitrogens with two attached hydrogens (primary N) is 1.